The lowest BCUT2D eigenvalue weighted by atomic mass is 10.0. The quantitative estimate of drug-likeness (QED) is 0.0153. The van der Waals surface area contributed by atoms with Gasteiger partial charge in [-0.25, -0.2) is 14.4 Å². The summed E-state index contributed by atoms with van der Waals surface area (Å²) in [5.41, 5.74) is 0. The first kappa shape index (κ1) is 113. The molecular weight excluding hydrogens is 1700 g/mol. The Kier molecular flexibility index (Phi) is 62.0. The molecule has 6 unspecified atom stereocenters. The minimum absolute atomic E-state index is 0.0131. The van der Waals surface area contributed by atoms with Crippen LogP contribution in [0.4, 0.5) is 14.4 Å². The molecule has 0 radical (unpaired) electrons. The molecule has 0 aromatic rings. The topological polar surface area (TPSA) is 871 Å². The maximum absolute atomic E-state index is 13.3. The minimum Gasteiger partial charge on any atom is -0.446 e. The number of halogens is 1. The molecule has 0 rings (SSSR count). The van der Waals surface area contributed by atoms with Gasteiger partial charge in [-0.2, -0.15) is 0 Å². The number of carbonyl (C=O) groups is 3. The summed E-state index contributed by atoms with van der Waals surface area (Å²) in [7, 11) is 0. The number of amides is 3. The third kappa shape index (κ3) is 46.9. The summed E-state index contributed by atoms with van der Waals surface area (Å²) in [6, 6.07) is 0. The SMILES string of the molecule is O=C(NCCN(C[C@H](O)[C@@H](O)[C@H](O)[C@H](O)CO)C[C@H](O)[C@@H](O)[C@H](O)[C@H](O)CO)OCC(COCC(O)COCC(O)COCC(O)COCC(O)COCC(CNI)OC(=O)NCCN(C[C@H](O)[C@@H](O)[C@H](O)[C@H](O)CO)C[C@H](O)[C@@H](O)[C@H](O)[C@H](O)CO)OC(=O)NCCN(C[C@H](O)[C@@H](O)[C@H](O)[C@H](O)CO)C[C@H](O)[C@@H](O)[C@H](O)[C@H](O)CO. The molecule has 38 N–H and O–H groups in total. The third-order valence-electron chi connectivity index (χ3n) is 17.1. The molecule has 0 fully saturated rings. The van der Waals surface area contributed by atoms with Crippen LogP contribution in [0, 0.1) is 0 Å². The second kappa shape index (κ2) is 63.7. The molecule has 3 amide bonds. The van der Waals surface area contributed by atoms with Crippen LogP contribution < -0.4 is 19.5 Å². The molecule has 0 aliphatic carbocycles. The van der Waals surface area contributed by atoms with Crippen molar-refractivity contribution in [3.63, 3.8) is 0 Å². The molecule has 0 saturated heterocycles. The van der Waals surface area contributed by atoms with E-state index in [1.54, 1.807) is 22.9 Å². The van der Waals surface area contributed by atoms with Crippen LogP contribution in [-0.4, -0.2) is 587 Å². The zero-order valence-electron chi connectivity index (χ0n) is 63.4. The summed E-state index contributed by atoms with van der Waals surface area (Å²) >= 11 is 1.75. The van der Waals surface area contributed by atoms with Crippen LogP contribution >= 0.6 is 22.9 Å². The molecule has 0 aliphatic heterocycles. The molecule has 52 nitrogen and oxygen atoms in total. The van der Waals surface area contributed by atoms with Crippen molar-refractivity contribution < 1.29 is 226 Å². The minimum atomic E-state index is -2.16. The van der Waals surface area contributed by atoms with Crippen LogP contribution in [0.25, 0.3) is 0 Å². The number of rotatable bonds is 71. The highest BCUT2D eigenvalue weighted by Gasteiger charge is 2.39. The van der Waals surface area contributed by atoms with Gasteiger partial charge in [0, 0.05) is 108 Å². The van der Waals surface area contributed by atoms with Crippen LogP contribution in [-0.2, 0) is 37.9 Å². The molecule has 0 aliphatic rings. The molecule has 0 spiro atoms. The van der Waals surface area contributed by atoms with Crippen molar-refractivity contribution in [1.29, 1.82) is 0 Å². The van der Waals surface area contributed by atoms with Crippen molar-refractivity contribution in [2.45, 2.75) is 183 Å². The smallest absolute Gasteiger partial charge is 0.407 e. The van der Waals surface area contributed by atoms with Gasteiger partial charge in [0.05, 0.1) is 142 Å². The predicted molar refractivity (Wildman–Crippen MR) is 392 cm³/mol. The van der Waals surface area contributed by atoms with E-state index >= 15 is 0 Å². The highest BCUT2D eigenvalue weighted by molar-refractivity contribution is 14.1. The maximum Gasteiger partial charge on any atom is 0.407 e. The van der Waals surface area contributed by atoms with Crippen molar-refractivity contribution in [1.82, 2.24) is 34.2 Å². The second-order valence-electron chi connectivity index (χ2n) is 27.1. The van der Waals surface area contributed by atoms with E-state index in [0.29, 0.717) is 0 Å². The Morgan fingerprint density at radius 3 is 0.664 bits per heavy atom. The Balaban J connectivity index is 5.83. The van der Waals surface area contributed by atoms with Gasteiger partial charge in [-0.3, -0.25) is 18.2 Å². The van der Waals surface area contributed by atoms with Gasteiger partial charge in [0.25, 0.3) is 0 Å². The maximum atomic E-state index is 13.3. The summed E-state index contributed by atoms with van der Waals surface area (Å²) in [5.74, 6) is 0. The van der Waals surface area contributed by atoms with Gasteiger partial charge < -0.3 is 227 Å². The molecule has 0 saturated carbocycles. The molecule has 0 bridgehead atoms. The van der Waals surface area contributed by atoms with Gasteiger partial charge in [-0.1, -0.05) is 0 Å². The monoisotopic (exact) mass is 1830 g/mol. The first-order valence-corrected chi connectivity index (χ1v) is 37.6. The molecule has 0 heterocycles. The number of hydrogen-bond acceptors (Lipinski definition) is 49. The highest BCUT2D eigenvalue weighted by Crippen LogP contribution is 2.16. The number of ether oxygens (including phenoxy) is 8. The molecule has 692 valence electrons. The first-order valence-electron chi connectivity index (χ1n) is 36.5. The standard InChI is InChI=1S/C63H128IN7O45/c64-68-7-35(115-62(107)66-2-5-70(10-39(84)51(96)57(102)45(90)16-74)11-40(85)52(97)58(103)46(91)17-75)28-112-26-33(80)24-110-22-31(78)20-109-21-32(79)23-111-25-34(81)27-113-29-36(116-63(108)67-3-6-71(12-41(86)53(98)59(104)47(92)18-76)13-42(87)54(99)60(105)48(93)19-77)30-114-61(106)65-1-4-69(8-37(82)49(94)55(100)43(88)14-72)9-38(83)50(95)56(101)44(89)15-73/h31-60,68,72-105H,1-30H2,(H,65,106)(H,66,107)(H,67,108)/t31?,32?,33?,34?,35?,36?,37-,38-,39-,40-,41-,42-,43+,44+,45+,46+,47+,48+,49+,50+,51+,52+,53+,54+,55+,56+,57+,58+,59+,60+/m0/s1. The number of nitrogens with zero attached hydrogens (tertiary/aromatic N) is 3. The third-order valence-corrected chi connectivity index (χ3v) is 17.5. The average molecular weight is 1830 g/mol. The molecule has 0 aromatic heterocycles. The van der Waals surface area contributed by atoms with Crippen LogP contribution in [0.2, 0.25) is 0 Å². The molecule has 116 heavy (non-hydrogen) atoms. The zero-order valence-corrected chi connectivity index (χ0v) is 65.6. The van der Waals surface area contributed by atoms with Crippen LogP contribution in [0.1, 0.15) is 0 Å². The summed E-state index contributed by atoms with van der Waals surface area (Å²) < 4.78 is 45.6. The van der Waals surface area contributed by atoms with Crippen molar-refractivity contribution in [2.24, 2.45) is 0 Å². The van der Waals surface area contributed by atoms with Gasteiger partial charge in [-0.05, 0) is 0 Å². The van der Waals surface area contributed by atoms with E-state index < -0.39 is 359 Å². The van der Waals surface area contributed by atoms with Crippen LogP contribution in [0.15, 0.2) is 0 Å². The van der Waals surface area contributed by atoms with E-state index in [1.807, 2.05) is 0 Å². The molecule has 0 aromatic carbocycles. The fraction of sp³-hybridized carbons (Fsp3) is 0.952. The predicted octanol–water partition coefficient (Wildman–Crippen LogP) is -22.1. The van der Waals surface area contributed by atoms with E-state index in [0.717, 1.165) is 14.7 Å². The number of hydrogen-bond donors (Lipinski definition) is 38. The lowest BCUT2D eigenvalue weighted by Gasteiger charge is -2.33. The number of alkyl carbamates (subject to hydrolysis) is 3. The first-order chi connectivity index (χ1) is 54.6. The Labute approximate surface area is 679 Å². The Bertz CT molecular complexity index is 2380. The summed E-state index contributed by atoms with van der Waals surface area (Å²) in [6.07, 6.45) is -60.1. The number of aliphatic hydroxyl groups excluding tert-OH is 34. The van der Waals surface area contributed by atoms with Gasteiger partial charge in [0.15, 0.2) is 6.10 Å². The highest BCUT2D eigenvalue weighted by atomic mass is 127. The van der Waals surface area contributed by atoms with Gasteiger partial charge >= 0.3 is 18.3 Å². The zero-order chi connectivity index (χ0) is 88.5. The number of carbonyl (C=O) groups excluding carboxylic acids is 3. The Hall–Kier alpha value is -3.18. The molecule has 53 heteroatoms. The van der Waals surface area contributed by atoms with E-state index in [1.165, 1.54) is 0 Å². The van der Waals surface area contributed by atoms with E-state index in [9.17, 15) is 178 Å². The van der Waals surface area contributed by atoms with Crippen molar-refractivity contribution >= 4 is 41.1 Å². The lowest BCUT2D eigenvalue weighted by molar-refractivity contribution is -0.130. The lowest BCUT2D eigenvalue weighted by Crippen LogP contribution is -2.54. The van der Waals surface area contributed by atoms with E-state index in [4.69, 9.17) is 48.1 Å². The van der Waals surface area contributed by atoms with Gasteiger partial charge in [0.1, 0.15) is 147 Å². The summed E-state index contributed by atoms with van der Waals surface area (Å²) in [5, 5.41) is 350. The Morgan fingerprint density at radius 2 is 0.448 bits per heavy atom. The number of aliphatic hydroxyl groups is 34. The van der Waals surface area contributed by atoms with Crippen LogP contribution in [0.5, 0.6) is 0 Å². The van der Waals surface area contributed by atoms with Gasteiger partial charge in [0.2, 0.25) is 0 Å². The Morgan fingerprint density at radius 1 is 0.259 bits per heavy atom. The molecular formula is C63H128IN7O45. The van der Waals surface area contributed by atoms with Gasteiger partial charge in [-0.15, -0.1) is 0 Å². The fourth-order valence-corrected chi connectivity index (χ4v) is 10.7. The second-order valence-corrected chi connectivity index (χ2v) is 27.9. The average Bonchev–Trinajstić information content (AvgIpc) is 0.876. The normalized spacial score (nSPS) is 20.2. The van der Waals surface area contributed by atoms with Crippen molar-refractivity contribution in [2.75, 3.05) is 197 Å². The van der Waals surface area contributed by atoms with E-state index in [2.05, 4.69) is 19.5 Å². The molecule has 30 atom stereocenters. The summed E-state index contributed by atoms with van der Waals surface area (Å²) in [6.45, 7) is -18.2. The fourth-order valence-electron chi connectivity index (χ4n) is 10.2. The van der Waals surface area contributed by atoms with E-state index in [-0.39, 0.29) is 39.5 Å². The summed E-state index contributed by atoms with van der Waals surface area (Å²) in [4.78, 5) is 42.4. The van der Waals surface area contributed by atoms with Crippen molar-refractivity contribution in [3.8, 4) is 0 Å². The number of nitrogens with one attached hydrogen (secondary N) is 4. The van der Waals surface area contributed by atoms with Crippen LogP contribution in [0.3, 0.4) is 0 Å². The van der Waals surface area contributed by atoms with Crippen molar-refractivity contribution in [3.05, 3.63) is 0 Å². The largest absolute Gasteiger partial charge is 0.446 e.